The van der Waals surface area contributed by atoms with Crippen molar-refractivity contribution in [3.63, 3.8) is 0 Å². The molecule has 3 rings (SSSR count). The standard InChI is InChI=1S/C18H20FNO/c1-20-17(12-13-6-8-14(19)9-7-13)15-10-11-21-18-5-3-2-4-16(15)18/h2-9,15,17,20H,10-12H2,1H3. The number of likely N-dealkylation sites (N-methyl/N-ethyl adjacent to an activating group) is 1. The predicted octanol–water partition coefficient (Wildman–Crippen LogP) is 3.52. The second kappa shape index (κ2) is 6.27. The zero-order chi connectivity index (χ0) is 14.7. The van der Waals surface area contributed by atoms with Gasteiger partial charge in [-0.1, -0.05) is 30.3 Å². The summed E-state index contributed by atoms with van der Waals surface area (Å²) < 4.78 is 18.8. The highest BCUT2D eigenvalue weighted by atomic mass is 19.1. The molecule has 0 fully saturated rings. The highest BCUT2D eigenvalue weighted by Crippen LogP contribution is 2.36. The van der Waals surface area contributed by atoms with Crippen molar-refractivity contribution < 1.29 is 9.13 Å². The van der Waals surface area contributed by atoms with Crippen LogP contribution in [0.15, 0.2) is 48.5 Å². The zero-order valence-corrected chi connectivity index (χ0v) is 12.2. The lowest BCUT2D eigenvalue weighted by Crippen LogP contribution is -2.36. The van der Waals surface area contributed by atoms with Crippen LogP contribution < -0.4 is 10.1 Å². The summed E-state index contributed by atoms with van der Waals surface area (Å²) in [5.74, 6) is 1.23. The van der Waals surface area contributed by atoms with Crippen LogP contribution in [0.3, 0.4) is 0 Å². The average Bonchev–Trinajstić information content (AvgIpc) is 2.54. The van der Waals surface area contributed by atoms with Crippen LogP contribution in [0.5, 0.6) is 5.75 Å². The maximum Gasteiger partial charge on any atom is 0.123 e. The third kappa shape index (κ3) is 3.08. The number of benzene rings is 2. The molecule has 1 aliphatic heterocycles. The van der Waals surface area contributed by atoms with Gasteiger partial charge in [0.25, 0.3) is 0 Å². The number of para-hydroxylation sites is 1. The van der Waals surface area contributed by atoms with Crippen molar-refractivity contribution in [2.75, 3.05) is 13.7 Å². The molecule has 2 atom stereocenters. The van der Waals surface area contributed by atoms with E-state index >= 15 is 0 Å². The molecule has 0 radical (unpaired) electrons. The van der Waals surface area contributed by atoms with Gasteiger partial charge in [-0.15, -0.1) is 0 Å². The summed E-state index contributed by atoms with van der Waals surface area (Å²) in [6.07, 6.45) is 1.89. The Balaban J connectivity index is 1.82. The highest BCUT2D eigenvalue weighted by Gasteiger charge is 2.27. The van der Waals surface area contributed by atoms with Gasteiger partial charge < -0.3 is 10.1 Å². The van der Waals surface area contributed by atoms with E-state index in [4.69, 9.17) is 4.74 Å². The Labute approximate surface area is 125 Å². The molecule has 0 saturated heterocycles. The Bertz CT molecular complexity index is 596. The summed E-state index contributed by atoms with van der Waals surface area (Å²) in [5.41, 5.74) is 2.42. The van der Waals surface area contributed by atoms with E-state index in [2.05, 4.69) is 17.4 Å². The summed E-state index contributed by atoms with van der Waals surface area (Å²) in [4.78, 5) is 0. The van der Waals surface area contributed by atoms with E-state index in [1.807, 2.05) is 31.3 Å². The number of rotatable bonds is 4. The van der Waals surface area contributed by atoms with Crippen molar-refractivity contribution in [1.82, 2.24) is 5.32 Å². The first-order chi connectivity index (χ1) is 10.3. The third-order valence-corrected chi connectivity index (χ3v) is 4.23. The summed E-state index contributed by atoms with van der Waals surface area (Å²) in [6, 6.07) is 15.4. The van der Waals surface area contributed by atoms with Gasteiger partial charge >= 0.3 is 0 Å². The van der Waals surface area contributed by atoms with Crippen molar-refractivity contribution in [3.8, 4) is 5.75 Å². The molecule has 0 saturated carbocycles. The monoisotopic (exact) mass is 285 g/mol. The lowest BCUT2D eigenvalue weighted by atomic mass is 9.84. The molecule has 1 heterocycles. The first-order valence-electron chi connectivity index (χ1n) is 7.41. The SMILES string of the molecule is CNC(Cc1ccc(F)cc1)C1CCOc2ccccc21. The number of fused-ring (bicyclic) bond motifs is 1. The Morgan fingerprint density at radius 2 is 1.95 bits per heavy atom. The second-order valence-electron chi connectivity index (χ2n) is 5.51. The van der Waals surface area contributed by atoms with Crippen molar-refractivity contribution in [3.05, 3.63) is 65.5 Å². The van der Waals surface area contributed by atoms with Crippen LogP contribution in [-0.2, 0) is 6.42 Å². The second-order valence-corrected chi connectivity index (χ2v) is 5.51. The number of ether oxygens (including phenoxy) is 1. The predicted molar refractivity (Wildman–Crippen MR) is 82.2 cm³/mol. The molecule has 2 unspecified atom stereocenters. The van der Waals surface area contributed by atoms with Crippen molar-refractivity contribution in [1.29, 1.82) is 0 Å². The highest BCUT2D eigenvalue weighted by molar-refractivity contribution is 5.39. The fourth-order valence-corrected chi connectivity index (χ4v) is 3.11. The quantitative estimate of drug-likeness (QED) is 0.928. The molecule has 1 N–H and O–H groups in total. The van der Waals surface area contributed by atoms with E-state index in [9.17, 15) is 4.39 Å². The lowest BCUT2D eigenvalue weighted by Gasteiger charge is -2.32. The Morgan fingerprint density at radius 3 is 2.71 bits per heavy atom. The van der Waals surface area contributed by atoms with Crippen LogP contribution in [0, 0.1) is 5.82 Å². The van der Waals surface area contributed by atoms with Crippen LogP contribution in [0.1, 0.15) is 23.5 Å². The molecule has 2 aromatic rings. The van der Waals surface area contributed by atoms with Gasteiger partial charge in [-0.25, -0.2) is 4.39 Å². The Hall–Kier alpha value is -1.87. The summed E-state index contributed by atoms with van der Waals surface area (Å²) >= 11 is 0. The molecule has 0 spiro atoms. The van der Waals surface area contributed by atoms with Crippen LogP contribution in [-0.4, -0.2) is 19.7 Å². The first-order valence-corrected chi connectivity index (χ1v) is 7.41. The molecular weight excluding hydrogens is 265 g/mol. The van der Waals surface area contributed by atoms with E-state index < -0.39 is 0 Å². The van der Waals surface area contributed by atoms with E-state index in [1.165, 1.54) is 17.7 Å². The Morgan fingerprint density at radius 1 is 1.19 bits per heavy atom. The van der Waals surface area contributed by atoms with E-state index in [0.717, 1.165) is 30.8 Å². The minimum atomic E-state index is -0.184. The van der Waals surface area contributed by atoms with Crippen molar-refractivity contribution in [2.45, 2.75) is 24.8 Å². The number of hydrogen-bond donors (Lipinski definition) is 1. The molecule has 2 nitrogen and oxygen atoms in total. The minimum absolute atomic E-state index is 0.184. The van der Waals surface area contributed by atoms with Crippen LogP contribution in [0.25, 0.3) is 0 Å². The number of nitrogens with one attached hydrogen (secondary N) is 1. The van der Waals surface area contributed by atoms with Crippen molar-refractivity contribution in [2.24, 2.45) is 0 Å². The molecule has 0 amide bonds. The molecule has 3 heteroatoms. The maximum atomic E-state index is 13.0. The normalized spacial score (nSPS) is 18.7. The summed E-state index contributed by atoms with van der Waals surface area (Å²) in [5, 5.41) is 3.43. The smallest absolute Gasteiger partial charge is 0.123 e. The topological polar surface area (TPSA) is 21.3 Å². The molecule has 1 aliphatic rings. The minimum Gasteiger partial charge on any atom is -0.493 e. The van der Waals surface area contributed by atoms with Crippen LogP contribution >= 0.6 is 0 Å². The number of hydrogen-bond acceptors (Lipinski definition) is 2. The largest absolute Gasteiger partial charge is 0.493 e. The van der Waals surface area contributed by atoms with Gasteiger partial charge in [0.1, 0.15) is 11.6 Å². The van der Waals surface area contributed by atoms with Gasteiger partial charge in [0.2, 0.25) is 0 Å². The molecule has 0 aliphatic carbocycles. The van der Waals surface area contributed by atoms with Gasteiger partial charge in [-0.05, 0) is 49.2 Å². The lowest BCUT2D eigenvalue weighted by molar-refractivity contribution is 0.247. The van der Waals surface area contributed by atoms with E-state index in [1.54, 1.807) is 0 Å². The number of halogens is 1. The first kappa shape index (κ1) is 14.1. The van der Waals surface area contributed by atoms with Crippen molar-refractivity contribution >= 4 is 0 Å². The van der Waals surface area contributed by atoms with E-state index in [-0.39, 0.29) is 5.82 Å². The molecular formula is C18H20FNO. The fourth-order valence-electron chi connectivity index (χ4n) is 3.11. The summed E-state index contributed by atoms with van der Waals surface area (Å²) in [6.45, 7) is 0.753. The van der Waals surface area contributed by atoms with Crippen LogP contribution in [0.4, 0.5) is 4.39 Å². The van der Waals surface area contributed by atoms with Gasteiger partial charge in [-0.2, -0.15) is 0 Å². The summed E-state index contributed by atoms with van der Waals surface area (Å²) in [7, 11) is 1.99. The maximum absolute atomic E-state index is 13.0. The van der Waals surface area contributed by atoms with Crippen LogP contribution in [0.2, 0.25) is 0 Å². The fraction of sp³-hybridized carbons (Fsp3) is 0.333. The third-order valence-electron chi connectivity index (χ3n) is 4.23. The van der Waals surface area contributed by atoms with Gasteiger partial charge in [0, 0.05) is 12.0 Å². The molecule has 21 heavy (non-hydrogen) atoms. The molecule has 0 aromatic heterocycles. The van der Waals surface area contributed by atoms with Gasteiger partial charge in [0.15, 0.2) is 0 Å². The molecule has 110 valence electrons. The average molecular weight is 285 g/mol. The zero-order valence-electron chi connectivity index (χ0n) is 12.2. The Kier molecular flexibility index (Phi) is 4.20. The van der Waals surface area contributed by atoms with E-state index in [0.29, 0.717) is 12.0 Å². The molecule has 0 bridgehead atoms. The molecule has 2 aromatic carbocycles. The van der Waals surface area contributed by atoms with Gasteiger partial charge in [-0.3, -0.25) is 0 Å². The van der Waals surface area contributed by atoms with Gasteiger partial charge in [0.05, 0.1) is 6.61 Å².